The number of ether oxygens (including phenoxy) is 2. The van der Waals surface area contributed by atoms with E-state index in [-0.39, 0.29) is 0 Å². The summed E-state index contributed by atoms with van der Waals surface area (Å²) in [5, 5.41) is 0. The smallest absolute Gasteiger partial charge is 0.119 e. The molecule has 1 aromatic rings. The second-order valence-electron chi connectivity index (χ2n) is 2.50. The lowest BCUT2D eigenvalue weighted by Crippen LogP contribution is -2.03. The Morgan fingerprint density at radius 2 is 2.27 bits per heavy atom. The van der Waals surface area contributed by atoms with Crippen molar-refractivity contribution in [2.24, 2.45) is 0 Å². The summed E-state index contributed by atoms with van der Waals surface area (Å²) < 4.78 is 10.4. The van der Waals surface area contributed by atoms with Crippen molar-refractivity contribution in [1.29, 1.82) is 0 Å². The predicted octanol–water partition coefficient (Wildman–Crippen LogP) is 1.26. The second kappa shape index (κ2) is 2.93. The van der Waals surface area contributed by atoms with E-state index in [1.54, 1.807) is 0 Å². The highest BCUT2D eigenvalue weighted by molar-refractivity contribution is 5.20. The van der Waals surface area contributed by atoms with Crippen molar-refractivity contribution in [3.05, 3.63) is 30.3 Å². The molecule has 1 aliphatic heterocycles. The molecule has 1 heterocycles. The summed E-state index contributed by atoms with van der Waals surface area (Å²) >= 11 is 0. The van der Waals surface area contributed by atoms with E-state index in [1.807, 2.05) is 24.3 Å². The maximum absolute atomic E-state index is 5.38. The molecule has 2 nitrogen and oxygen atoms in total. The first-order valence-electron chi connectivity index (χ1n) is 3.66. The second-order valence-corrected chi connectivity index (χ2v) is 2.50. The molecular weight excluding hydrogens is 140 g/mol. The van der Waals surface area contributed by atoms with Crippen LogP contribution in [-0.4, -0.2) is 19.3 Å². The van der Waals surface area contributed by atoms with Gasteiger partial charge in [0.05, 0.1) is 6.61 Å². The molecule has 57 valence electrons. The van der Waals surface area contributed by atoms with Crippen LogP contribution in [0, 0.1) is 6.07 Å². The molecule has 0 N–H and O–H groups in total. The van der Waals surface area contributed by atoms with Gasteiger partial charge in [0.15, 0.2) is 0 Å². The largest absolute Gasteiger partial charge is 0.491 e. The average molecular weight is 149 g/mol. The third kappa shape index (κ3) is 1.95. The molecule has 0 saturated carbocycles. The van der Waals surface area contributed by atoms with Crippen molar-refractivity contribution >= 4 is 0 Å². The normalized spacial score (nSPS) is 21.3. The van der Waals surface area contributed by atoms with Gasteiger partial charge in [0.2, 0.25) is 0 Å². The van der Waals surface area contributed by atoms with Gasteiger partial charge in [0.25, 0.3) is 0 Å². The molecule has 1 atom stereocenters. The lowest BCUT2D eigenvalue weighted by molar-refractivity contribution is 0.263. The van der Waals surface area contributed by atoms with Crippen LogP contribution in [-0.2, 0) is 4.74 Å². The van der Waals surface area contributed by atoms with Crippen molar-refractivity contribution in [2.75, 3.05) is 13.2 Å². The quantitative estimate of drug-likeness (QED) is 0.603. The van der Waals surface area contributed by atoms with E-state index >= 15 is 0 Å². The van der Waals surface area contributed by atoms with Crippen molar-refractivity contribution < 1.29 is 9.47 Å². The highest BCUT2D eigenvalue weighted by Crippen LogP contribution is 2.13. The van der Waals surface area contributed by atoms with Gasteiger partial charge in [-0.05, 0) is 18.2 Å². The molecule has 11 heavy (non-hydrogen) atoms. The molecular formula is C9H9O2. The van der Waals surface area contributed by atoms with E-state index in [1.165, 1.54) is 0 Å². The first-order chi connectivity index (χ1) is 5.45. The monoisotopic (exact) mass is 149 g/mol. The third-order valence-electron chi connectivity index (χ3n) is 1.53. The standard InChI is InChI=1S/C9H9O2/c1-2-4-8(5-3-1)10-6-9-7-11-9/h2-5,9H,6-7H2/t9-/m1/s1. The fourth-order valence-electron chi connectivity index (χ4n) is 0.821. The number of hydrogen-bond acceptors (Lipinski definition) is 2. The molecule has 0 spiro atoms. The van der Waals surface area contributed by atoms with Crippen LogP contribution < -0.4 is 4.74 Å². The van der Waals surface area contributed by atoms with E-state index in [4.69, 9.17) is 9.47 Å². The summed E-state index contributed by atoms with van der Waals surface area (Å²) in [5.74, 6) is 0.888. The topological polar surface area (TPSA) is 21.8 Å². The van der Waals surface area contributed by atoms with Crippen LogP contribution in [0.4, 0.5) is 0 Å². The fraction of sp³-hybridized carbons (Fsp3) is 0.333. The first-order valence-corrected chi connectivity index (χ1v) is 3.66. The van der Waals surface area contributed by atoms with E-state index < -0.39 is 0 Å². The SMILES string of the molecule is [c]1ccc(OC[C@@H]2CO2)cc1. The predicted molar refractivity (Wildman–Crippen MR) is 40.5 cm³/mol. The van der Waals surface area contributed by atoms with Crippen LogP contribution in [0.5, 0.6) is 5.75 Å². The third-order valence-corrected chi connectivity index (χ3v) is 1.53. The zero-order chi connectivity index (χ0) is 7.52. The Hall–Kier alpha value is -1.02. The molecule has 1 fully saturated rings. The van der Waals surface area contributed by atoms with Crippen LogP contribution in [0.25, 0.3) is 0 Å². The summed E-state index contributed by atoms with van der Waals surface area (Å²) in [5.41, 5.74) is 0. The molecule has 1 aromatic carbocycles. The highest BCUT2D eigenvalue weighted by atomic mass is 16.6. The molecule has 1 radical (unpaired) electrons. The minimum absolute atomic E-state index is 0.333. The fourth-order valence-corrected chi connectivity index (χ4v) is 0.821. The summed E-state index contributed by atoms with van der Waals surface area (Å²) in [6.45, 7) is 1.52. The number of rotatable bonds is 3. The number of hydrogen-bond donors (Lipinski definition) is 0. The van der Waals surface area contributed by atoms with Crippen molar-refractivity contribution in [1.82, 2.24) is 0 Å². The zero-order valence-corrected chi connectivity index (χ0v) is 6.12. The van der Waals surface area contributed by atoms with Gasteiger partial charge in [0, 0.05) is 0 Å². The van der Waals surface area contributed by atoms with Gasteiger partial charge in [-0.25, -0.2) is 0 Å². The van der Waals surface area contributed by atoms with Gasteiger partial charge in [0.1, 0.15) is 18.5 Å². The van der Waals surface area contributed by atoms with E-state index in [0.29, 0.717) is 12.7 Å². The van der Waals surface area contributed by atoms with E-state index in [2.05, 4.69) is 6.07 Å². The number of epoxide rings is 1. The van der Waals surface area contributed by atoms with Crippen LogP contribution in [0.15, 0.2) is 24.3 Å². The Balaban J connectivity index is 1.85. The van der Waals surface area contributed by atoms with Gasteiger partial charge in [-0.1, -0.05) is 12.1 Å². The molecule has 0 aromatic heterocycles. The van der Waals surface area contributed by atoms with Gasteiger partial charge in [-0.3, -0.25) is 0 Å². The van der Waals surface area contributed by atoms with E-state index in [0.717, 1.165) is 12.4 Å². The molecule has 2 heteroatoms. The van der Waals surface area contributed by atoms with E-state index in [9.17, 15) is 0 Å². The summed E-state index contributed by atoms with van der Waals surface area (Å²) in [7, 11) is 0. The maximum atomic E-state index is 5.38. The van der Waals surface area contributed by atoms with Crippen LogP contribution in [0.3, 0.4) is 0 Å². The molecule has 0 aliphatic carbocycles. The highest BCUT2D eigenvalue weighted by Gasteiger charge is 2.22. The molecule has 0 bridgehead atoms. The Bertz CT molecular complexity index is 216. The molecule has 0 amide bonds. The van der Waals surface area contributed by atoms with Crippen LogP contribution >= 0.6 is 0 Å². The van der Waals surface area contributed by atoms with Crippen molar-refractivity contribution in [3.8, 4) is 5.75 Å². The average Bonchev–Trinajstić information content (AvgIpc) is 2.86. The lowest BCUT2D eigenvalue weighted by atomic mass is 10.3. The number of benzene rings is 1. The minimum atomic E-state index is 0.333. The van der Waals surface area contributed by atoms with Gasteiger partial charge >= 0.3 is 0 Å². The van der Waals surface area contributed by atoms with Crippen LogP contribution in [0.2, 0.25) is 0 Å². The molecule has 1 aliphatic rings. The van der Waals surface area contributed by atoms with Gasteiger partial charge in [-0.15, -0.1) is 0 Å². The Kier molecular flexibility index (Phi) is 1.78. The van der Waals surface area contributed by atoms with Crippen LogP contribution in [0.1, 0.15) is 0 Å². The lowest BCUT2D eigenvalue weighted by Gasteiger charge is -2.01. The summed E-state index contributed by atoms with van der Waals surface area (Å²) in [4.78, 5) is 0. The first kappa shape index (κ1) is 6.68. The van der Waals surface area contributed by atoms with Gasteiger partial charge < -0.3 is 9.47 Å². The molecule has 2 rings (SSSR count). The molecule has 0 unspecified atom stereocenters. The summed E-state index contributed by atoms with van der Waals surface area (Å²) in [6.07, 6.45) is 0.333. The zero-order valence-electron chi connectivity index (χ0n) is 6.12. The summed E-state index contributed by atoms with van der Waals surface area (Å²) in [6, 6.07) is 10.4. The molecule has 1 saturated heterocycles. The van der Waals surface area contributed by atoms with Crippen molar-refractivity contribution in [2.45, 2.75) is 6.10 Å². The minimum Gasteiger partial charge on any atom is -0.491 e. The van der Waals surface area contributed by atoms with Gasteiger partial charge in [-0.2, -0.15) is 0 Å². The Morgan fingerprint density at radius 3 is 2.91 bits per heavy atom. The maximum Gasteiger partial charge on any atom is 0.119 e. The van der Waals surface area contributed by atoms with Crippen molar-refractivity contribution in [3.63, 3.8) is 0 Å². The Morgan fingerprint density at radius 1 is 1.55 bits per heavy atom. The Labute approximate surface area is 65.7 Å².